The average molecular weight is 427 g/mol. The number of amides is 1. The number of nitrogens with one attached hydrogen (secondary N) is 1. The summed E-state index contributed by atoms with van der Waals surface area (Å²) in [4.78, 5) is 20.6. The van der Waals surface area contributed by atoms with Crippen molar-refractivity contribution in [2.75, 3.05) is 12.4 Å². The van der Waals surface area contributed by atoms with Gasteiger partial charge in [-0.1, -0.05) is 11.3 Å². The number of carbonyl (C=O) groups excluding carboxylic acids is 1. The lowest BCUT2D eigenvalue weighted by atomic mass is 10.0. The largest absolute Gasteiger partial charge is 0.494 e. The van der Waals surface area contributed by atoms with Crippen LogP contribution in [-0.4, -0.2) is 33.2 Å². The molecule has 30 heavy (non-hydrogen) atoms. The highest BCUT2D eigenvalue weighted by Crippen LogP contribution is 2.48. The lowest BCUT2D eigenvalue weighted by Crippen LogP contribution is -2.13. The van der Waals surface area contributed by atoms with Gasteiger partial charge in [0.25, 0.3) is 12.3 Å². The van der Waals surface area contributed by atoms with Crippen LogP contribution in [0.25, 0.3) is 11.1 Å². The molecule has 3 aromatic heterocycles. The molecule has 3 heterocycles. The SMILES string of the molecule is C#C[C@@H]1CC1c1nnc(NC(=O)c2ccncc2-c2cc(C(F)F)ncc2OC)s1. The molecule has 0 aromatic carbocycles. The first-order chi connectivity index (χ1) is 14.5. The molecule has 0 spiro atoms. The third kappa shape index (κ3) is 3.84. The van der Waals surface area contributed by atoms with Crippen LogP contribution in [0.15, 0.2) is 30.7 Å². The molecule has 152 valence electrons. The fraction of sp³-hybridized carbons (Fsp3) is 0.250. The van der Waals surface area contributed by atoms with Gasteiger partial charge in [-0.15, -0.1) is 22.5 Å². The Labute approximate surface area is 174 Å². The molecule has 1 unspecified atom stereocenters. The van der Waals surface area contributed by atoms with Crippen LogP contribution in [0.4, 0.5) is 13.9 Å². The predicted octanol–water partition coefficient (Wildman–Crippen LogP) is 3.93. The summed E-state index contributed by atoms with van der Waals surface area (Å²) in [6.45, 7) is 0. The number of rotatable bonds is 6. The maximum Gasteiger partial charge on any atom is 0.280 e. The van der Waals surface area contributed by atoms with Gasteiger partial charge in [0, 0.05) is 35.4 Å². The number of ether oxygens (including phenoxy) is 1. The van der Waals surface area contributed by atoms with E-state index in [2.05, 4.69) is 31.4 Å². The first-order valence-electron chi connectivity index (χ1n) is 8.89. The number of hydrogen-bond acceptors (Lipinski definition) is 7. The monoisotopic (exact) mass is 427 g/mol. The summed E-state index contributed by atoms with van der Waals surface area (Å²) in [6, 6.07) is 2.68. The van der Waals surface area contributed by atoms with Crippen LogP contribution in [0, 0.1) is 18.3 Å². The van der Waals surface area contributed by atoms with Crippen molar-refractivity contribution >= 4 is 22.4 Å². The van der Waals surface area contributed by atoms with E-state index < -0.39 is 18.0 Å². The van der Waals surface area contributed by atoms with Gasteiger partial charge in [0.15, 0.2) is 0 Å². The van der Waals surface area contributed by atoms with Gasteiger partial charge >= 0.3 is 0 Å². The first kappa shape index (κ1) is 19.8. The van der Waals surface area contributed by atoms with Crippen molar-refractivity contribution in [3.8, 4) is 29.2 Å². The van der Waals surface area contributed by atoms with Gasteiger partial charge in [0.2, 0.25) is 5.13 Å². The van der Waals surface area contributed by atoms with E-state index in [0.717, 1.165) is 11.4 Å². The molecule has 1 aliphatic rings. The molecule has 1 aliphatic carbocycles. The van der Waals surface area contributed by atoms with E-state index in [-0.39, 0.29) is 28.7 Å². The molecule has 2 atom stereocenters. The highest BCUT2D eigenvalue weighted by molar-refractivity contribution is 7.15. The molecule has 1 saturated carbocycles. The summed E-state index contributed by atoms with van der Waals surface area (Å²) in [6.07, 6.45) is 7.56. The Morgan fingerprint density at radius 2 is 2.20 bits per heavy atom. The third-order valence-electron chi connectivity index (χ3n) is 4.67. The minimum absolute atomic E-state index is 0.163. The van der Waals surface area contributed by atoms with Crippen molar-refractivity contribution in [3.63, 3.8) is 0 Å². The van der Waals surface area contributed by atoms with E-state index in [1.54, 1.807) is 0 Å². The second-order valence-corrected chi connectivity index (χ2v) is 7.56. The number of pyridine rings is 2. The molecule has 1 fully saturated rings. The van der Waals surface area contributed by atoms with E-state index in [1.807, 2.05) is 0 Å². The Morgan fingerprint density at radius 3 is 2.90 bits per heavy atom. The van der Waals surface area contributed by atoms with Gasteiger partial charge in [-0.05, 0) is 18.6 Å². The fourth-order valence-electron chi connectivity index (χ4n) is 3.01. The summed E-state index contributed by atoms with van der Waals surface area (Å²) in [5, 5.41) is 11.9. The molecule has 0 radical (unpaired) electrons. The summed E-state index contributed by atoms with van der Waals surface area (Å²) in [5.41, 5.74) is 0.408. The number of nitrogens with zero attached hydrogens (tertiary/aromatic N) is 4. The van der Waals surface area contributed by atoms with Gasteiger partial charge in [0.05, 0.1) is 18.9 Å². The fourth-order valence-corrected chi connectivity index (χ4v) is 3.93. The number of hydrogen-bond donors (Lipinski definition) is 1. The topological polar surface area (TPSA) is 89.9 Å². The average Bonchev–Trinajstić information content (AvgIpc) is 3.42. The van der Waals surface area contributed by atoms with Crippen LogP contribution in [0.3, 0.4) is 0 Å². The molecule has 10 heteroatoms. The Hall–Kier alpha value is -3.45. The summed E-state index contributed by atoms with van der Waals surface area (Å²) < 4.78 is 31.5. The molecule has 7 nitrogen and oxygen atoms in total. The van der Waals surface area contributed by atoms with Crippen molar-refractivity contribution in [2.24, 2.45) is 5.92 Å². The highest BCUT2D eigenvalue weighted by atomic mass is 32.1. The lowest BCUT2D eigenvalue weighted by molar-refractivity contribution is 0.102. The van der Waals surface area contributed by atoms with E-state index in [4.69, 9.17) is 11.2 Å². The Morgan fingerprint density at radius 1 is 1.37 bits per heavy atom. The molecule has 4 rings (SSSR count). The van der Waals surface area contributed by atoms with E-state index in [9.17, 15) is 13.6 Å². The first-order valence-corrected chi connectivity index (χ1v) is 9.70. The minimum atomic E-state index is -2.77. The highest BCUT2D eigenvalue weighted by Gasteiger charge is 2.39. The van der Waals surface area contributed by atoms with Gasteiger partial charge in [-0.2, -0.15) is 0 Å². The Kier molecular flexibility index (Phi) is 5.37. The molecule has 3 aromatic rings. The number of aromatic nitrogens is 4. The molecule has 0 saturated heterocycles. The van der Waals surface area contributed by atoms with Gasteiger partial charge in [-0.25, -0.2) is 8.78 Å². The van der Waals surface area contributed by atoms with Gasteiger partial charge in [0.1, 0.15) is 16.5 Å². The number of anilines is 1. The summed E-state index contributed by atoms with van der Waals surface area (Å²) >= 11 is 1.26. The Bertz CT molecular complexity index is 1140. The van der Waals surface area contributed by atoms with Crippen LogP contribution in [0.5, 0.6) is 5.75 Å². The molecule has 0 aliphatic heterocycles. The smallest absolute Gasteiger partial charge is 0.280 e. The summed E-state index contributed by atoms with van der Waals surface area (Å²) in [5.74, 6) is 2.80. The van der Waals surface area contributed by atoms with Crippen LogP contribution in [0.2, 0.25) is 0 Å². The number of halogens is 2. The maximum absolute atomic E-state index is 13.1. The van der Waals surface area contributed by atoms with Crippen LogP contribution >= 0.6 is 11.3 Å². The second-order valence-electron chi connectivity index (χ2n) is 6.55. The van der Waals surface area contributed by atoms with Crippen molar-refractivity contribution in [3.05, 3.63) is 47.0 Å². The normalized spacial score (nSPS) is 17.4. The number of carbonyl (C=O) groups is 1. The lowest BCUT2D eigenvalue weighted by Gasteiger charge is -2.13. The molecule has 0 bridgehead atoms. The van der Waals surface area contributed by atoms with Gasteiger partial charge in [-0.3, -0.25) is 20.1 Å². The van der Waals surface area contributed by atoms with Crippen molar-refractivity contribution < 1.29 is 18.3 Å². The van der Waals surface area contributed by atoms with Crippen LogP contribution in [0.1, 0.15) is 39.8 Å². The van der Waals surface area contributed by atoms with Crippen LogP contribution < -0.4 is 10.1 Å². The number of terminal acetylenes is 1. The van der Waals surface area contributed by atoms with E-state index in [0.29, 0.717) is 10.7 Å². The third-order valence-corrected chi connectivity index (χ3v) is 5.64. The van der Waals surface area contributed by atoms with Crippen molar-refractivity contribution in [1.82, 2.24) is 20.2 Å². The molecule has 1 amide bonds. The number of methoxy groups -OCH3 is 1. The predicted molar refractivity (Wildman–Crippen MR) is 107 cm³/mol. The van der Waals surface area contributed by atoms with Crippen LogP contribution in [-0.2, 0) is 0 Å². The summed E-state index contributed by atoms with van der Waals surface area (Å²) in [7, 11) is 1.39. The quantitative estimate of drug-likeness (QED) is 0.600. The molecular weight excluding hydrogens is 412 g/mol. The number of alkyl halides is 2. The zero-order chi connectivity index (χ0) is 21.3. The van der Waals surface area contributed by atoms with E-state index in [1.165, 1.54) is 49.2 Å². The maximum atomic E-state index is 13.1. The standard InChI is InChI=1S/C20H15F2N5O2S/c1-3-10-6-12(10)19-26-27-20(30-19)25-18(28)11-4-5-23-8-14(11)13-7-15(17(21)22)24-9-16(13)29-2/h1,4-5,7-10,12,17H,6H2,2H3,(H,25,27,28)/t10-,12?/m1/s1. The molecule has 1 N–H and O–H groups in total. The molecular formula is C20H15F2N5O2S. The van der Waals surface area contributed by atoms with E-state index >= 15 is 0 Å². The second kappa shape index (κ2) is 8.12. The zero-order valence-electron chi connectivity index (χ0n) is 15.7. The van der Waals surface area contributed by atoms with Crippen molar-refractivity contribution in [1.29, 1.82) is 0 Å². The Balaban J connectivity index is 1.63. The van der Waals surface area contributed by atoms with Gasteiger partial charge < -0.3 is 4.74 Å². The zero-order valence-corrected chi connectivity index (χ0v) is 16.5. The van der Waals surface area contributed by atoms with Crippen molar-refractivity contribution in [2.45, 2.75) is 18.8 Å². The minimum Gasteiger partial charge on any atom is -0.494 e.